The average molecular weight is 402 g/mol. The Morgan fingerprint density at radius 1 is 1.21 bits per heavy atom. The summed E-state index contributed by atoms with van der Waals surface area (Å²) in [7, 11) is 0. The van der Waals surface area contributed by atoms with E-state index in [1.54, 1.807) is 29.2 Å². The van der Waals surface area contributed by atoms with Crippen molar-refractivity contribution < 1.29 is 14.5 Å². The van der Waals surface area contributed by atoms with Gasteiger partial charge in [0.15, 0.2) is 0 Å². The zero-order valence-electron chi connectivity index (χ0n) is 15.4. The number of nitro benzene ring substituents is 1. The highest BCUT2D eigenvalue weighted by atomic mass is 35.5. The Hall–Kier alpha value is -2.93. The molecule has 3 rings (SSSR count). The van der Waals surface area contributed by atoms with Crippen LogP contribution in [-0.4, -0.2) is 34.7 Å². The lowest BCUT2D eigenvalue weighted by atomic mass is 9.99. The first-order chi connectivity index (χ1) is 13.4. The summed E-state index contributed by atoms with van der Waals surface area (Å²) in [6.45, 7) is 3.50. The molecule has 7 nitrogen and oxygen atoms in total. The zero-order chi connectivity index (χ0) is 20.3. The number of nitrogens with one attached hydrogen (secondary N) is 1. The Morgan fingerprint density at radius 2 is 1.96 bits per heavy atom. The van der Waals surface area contributed by atoms with E-state index in [1.807, 2.05) is 0 Å². The third-order valence-electron chi connectivity index (χ3n) is 4.76. The predicted octanol–water partition coefficient (Wildman–Crippen LogP) is 4.37. The number of carbonyl (C=O) groups excluding carboxylic acids is 2. The van der Waals surface area contributed by atoms with Gasteiger partial charge < -0.3 is 10.2 Å². The van der Waals surface area contributed by atoms with Crippen molar-refractivity contribution in [1.29, 1.82) is 0 Å². The fraction of sp³-hybridized carbons (Fsp3) is 0.300. The summed E-state index contributed by atoms with van der Waals surface area (Å²) < 4.78 is 0. The number of amides is 2. The Labute approximate surface area is 167 Å². The normalized spacial score (nSPS) is 16.5. The second-order valence-corrected chi connectivity index (χ2v) is 7.33. The van der Waals surface area contributed by atoms with Crippen molar-refractivity contribution >= 4 is 34.8 Å². The van der Waals surface area contributed by atoms with Gasteiger partial charge in [0.05, 0.1) is 26.8 Å². The maximum atomic E-state index is 12.9. The standard InChI is InChI=1S/C20H20ClN3O4/c1-13-5-4-10-23(12-13)20(26)16-6-2-3-7-18(16)22-19(25)15-9-8-14(24(27)28)11-17(15)21/h2-3,6-9,11,13H,4-5,10,12H2,1H3,(H,22,25). The molecule has 1 saturated heterocycles. The molecule has 0 radical (unpaired) electrons. The van der Waals surface area contributed by atoms with Gasteiger partial charge >= 0.3 is 0 Å². The number of hydrogen-bond acceptors (Lipinski definition) is 4. The molecule has 0 spiro atoms. The van der Waals surface area contributed by atoms with E-state index in [2.05, 4.69) is 12.2 Å². The monoisotopic (exact) mass is 401 g/mol. The van der Waals surface area contributed by atoms with Gasteiger partial charge in [0.2, 0.25) is 0 Å². The molecule has 2 amide bonds. The fourth-order valence-electron chi connectivity index (χ4n) is 3.31. The minimum atomic E-state index is -0.582. The molecule has 28 heavy (non-hydrogen) atoms. The minimum absolute atomic E-state index is 0.0274. The van der Waals surface area contributed by atoms with Gasteiger partial charge in [0, 0.05) is 25.2 Å². The van der Waals surface area contributed by atoms with E-state index in [4.69, 9.17) is 11.6 Å². The third kappa shape index (κ3) is 4.31. The number of non-ortho nitro benzene ring substituents is 1. The Kier molecular flexibility index (Phi) is 5.94. The quantitative estimate of drug-likeness (QED) is 0.608. The van der Waals surface area contributed by atoms with Crippen LogP contribution in [0.4, 0.5) is 11.4 Å². The Balaban J connectivity index is 1.82. The number of para-hydroxylation sites is 1. The van der Waals surface area contributed by atoms with E-state index in [0.717, 1.165) is 18.9 Å². The van der Waals surface area contributed by atoms with Crippen LogP contribution in [0.3, 0.4) is 0 Å². The number of carbonyl (C=O) groups is 2. The van der Waals surface area contributed by atoms with Crippen LogP contribution >= 0.6 is 11.6 Å². The first-order valence-electron chi connectivity index (χ1n) is 9.00. The van der Waals surface area contributed by atoms with Crippen LogP contribution in [0.25, 0.3) is 0 Å². The van der Waals surface area contributed by atoms with Crippen LogP contribution in [0.1, 0.15) is 40.5 Å². The van der Waals surface area contributed by atoms with E-state index >= 15 is 0 Å². The van der Waals surface area contributed by atoms with Crippen molar-refractivity contribution in [2.75, 3.05) is 18.4 Å². The van der Waals surface area contributed by atoms with Gasteiger partial charge in [0.25, 0.3) is 17.5 Å². The first-order valence-corrected chi connectivity index (χ1v) is 9.38. The van der Waals surface area contributed by atoms with Crippen LogP contribution in [0.2, 0.25) is 5.02 Å². The maximum absolute atomic E-state index is 12.9. The number of benzene rings is 2. The largest absolute Gasteiger partial charge is 0.338 e. The molecular formula is C20H20ClN3O4. The van der Waals surface area contributed by atoms with Gasteiger partial charge in [-0.15, -0.1) is 0 Å². The highest BCUT2D eigenvalue weighted by Crippen LogP contribution is 2.26. The van der Waals surface area contributed by atoms with E-state index in [9.17, 15) is 19.7 Å². The summed E-state index contributed by atoms with van der Waals surface area (Å²) >= 11 is 6.03. The van der Waals surface area contributed by atoms with Crippen molar-refractivity contribution in [1.82, 2.24) is 4.90 Å². The van der Waals surface area contributed by atoms with Gasteiger partial charge in [0.1, 0.15) is 0 Å². The molecule has 0 saturated carbocycles. The molecule has 1 unspecified atom stereocenters. The first kappa shape index (κ1) is 19.8. The predicted molar refractivity (Wildman–Crippen MR) is 107 cm³/mol. The van der Waals surface area contributed by atoms with Crippen molar-refractivity contribution in [3.63, 3.8) is 0 Å². The lowest BCUT2D eigenvalue weighted by Crippen LogP contribution is -2.39. The van der Waals surface area contributed by atoms with Crippen LogP contribution in [0, 0.1) is 16.0 Å². The highest BCUT2D eigenvalue weighted by molar-refractivity contribution is 6.34. The Bertz CT molecular complexity index is 931. The van der Waals surface area contributed by atoms with Gasteiger partial charge in [-0.3, -0.25) is 19.7 Å². The molecule has 2 aromatic rings. The molecular weight excluding hydrogens is 382 g/mol. The molecule has 1 heterocycles. The van der Waals surface area contributed by atoms with Crippen LogP contribution < -0.4 is 5.32 Å². The molecule has 1 aliphatic heterocycles. The fourth-order valence-corrected chi connectivity index (χ4v) is 3.57. The lowest BCUT2D eigenvalue weighted by Gasteiger charge is -2.31. The summed E-state index contributed by atoms with van der Waals surface area (Å²) in [6.07, 6.45) is 2.06. The highest BCUT2D eigenvalue weighted by Gasteiger charge is 2.24. The minimum Gasteiger partial charge on any atom is -0.338 e. The zero-order valence-corrected chi connectivity index (χ0v) is 16.1. The van der Waals surface area contributed by atoms with Gasteiger partial charge in [-0.2, -0.15) is 0 Å². The number of nitrogens with zero attached hydrogens (tertiary/aromatic N) is 2. The SMILES string of the molecule is CC1CCCN(C(=O)c2ccccc2NC(=O)c2ccc([N+](=O)[O-])cc2Cl)C1. The summed E-state index contributed by atoms with van der Waals surface area (Å²) in [5.41, 5.74) is 0.686. The second kappa shape index (κ2) is 8.39. The van der Waals surface area contributed by atoms with Crippen LogP contribution in [-0.2, 0) is 0 Å². The Morgan fingerprint density at radius 3 is 2.64 bits per heavy atom. The molecule has 146 valence electrons. The van der Waals surface area contributed by atoms with E-state index in [-0.39, 0.29) is 22.2 Å². The molecule has 1 atom stereocenters. The van der Waals surface area contributed by atoms with Gasteiger partial charge in [-0.25, -0.2) is 0 Å². The molecule has 0 aromatic heterocycles. The number of hydrogen-bond donors (Lipinski definition) is 1. The topological polar surface area (TPSA) is 92.6 Å². The number of halogens is 1. The molecule has 1 aliphatic rings. The number of nitro groups is 1. The summed E-state index contributed by atoms with van der Waals surface area (Å²) in [6, 6.07) is 10.4. The number of piperidine rings is 1. The second-order valence-electron chi connectivity index (χ2n) is 6.92. The van der Waals surface area contributed by atoms with Crippen LogP contribution in [0.15, 0.2) is 42.5 Å². The van der Waals surface area contributed by atoms with Crippen molar-refractivity contribution in [3.8, 4) is 0 Å². The van der Waals surface area contributed by atoms with Crippen LogP contribution in [0.5, 0.6) is 0 Å². The summed E-state index contributed by atoms with van der Waals surface area (Å²) in [4.78, 5) is 37.6. The van der Waals surface area contributed by atoms with E-state index < -0.39 is 10.8 Å². The van der Waals surface area contributed by atoms with Crippen molar-refractivity contribution in [3.05, 3.63) is 68.7 Å². The molecule has 8 heteroatoms. The number of likely N-dealkylation sites (tertiary alicyclic amines) is 1. The molecule has 0 bridgehead atoms. The molecule has 2 aromatic carbocycles. The lowest BCUT2D eigenvalue weighted by molar-refractivity contribution is -0.384. The smallest absolute Gasteiger partial charge is 0.270 e. The number of rotatable bonds is 4. The summed E-state index contributed by atoms with van der Waals surface area (Å²) in [5.74, 6) is -0.220. The van der Waals surface area contributed by atoms with E-state index in [0.29, 0.717) is 30.3 Å². The number of anilines is 1. The van der Waals surface area contributed by atoms with Gasteiger partial charge in [-0.05, 0) is 37.0 Å². The van der Waals surface area contributed by atoms with E-state index in [1.165, 1.54) is 12.1 Å². The van der Waals surface area contributed by atoms with Crippen molar-refractivity contribution in [2.45, 2.75) is 19.8 Å². The molecule has 1 N–H and O–H groups in total. The molecule has 1 fully saturated rings. The molecule has 0 aliphatic carbocycles. The average Bonchev–Trinajstić information content (AvgIpc) is 2.67. The van der Waals surface area contributed by atoms with Crippen molar-refractivity contribution in [2.24, 2.45) is 5.92 Å². The maximum Gasteiger partial charge on any atom is 0.270 e. The van der Waals surface area contributed by atoms with Gasteiger partial charge in [-0.1, -0.05) is 30.7 Å². The third-order valence-corrected chi connectivity index (χ3v) is 5.07. The summed E-state index contributed by atoms with van der Waals surface area (Å²) in [5, 5.41) is 13.5.